The Hall–Kier alpha value is -0.940. The van der Waals surface area contributed by atoms with E-state index < -0.39 is 0 Å². The van der Waals surface area contributed by atoms with Crippen molar-refractivity contribution in [2.24, 2.45) is 10.9 Å². The van der Waals surface area contributed by atoms with Gasteiger partial charge in [0.25, 0.3) is 5.01 Å². The Morgan fingerprint density at radius 2 is 2.60 bits per heavy atom. The third kappa shape index (κ3) is 2.54. The fraction of sp³-hybridized carbons (Fsp3) is 0.444. The molecule has 1 aliphatic rings. The fourth-order valence-electron chi connectivity index (χ4n) is 1.46. The number of dihydropyridines is 1. The summed E-state index contributed by atoms with van der Waals surface area (Å²) >= 11 is 6.95. The SMILES string of the molecule is Cc1sc(=O)[nH][n+]1CC1C=CC(Cl)=NC1. The molecule has 0 aliphatic carbocycles. The summed E-state index contributed by atoms with van der Waals surface area (Å²) in [5.74, 6) is 0.307. The molecule has 80 valence electrons. The van der Waals surface area contributed by atoms with Gasteiger partial charge in [-0.15, -0.1) is 9.78 Å². The molecule has 4 nitrogen and oxygen atoms in total. The Bertz CT molecular complexity index is 474. The van der Waals surface area contributed by atoms with Gasteiger partial charge in [-0.2, -0.15) is 0 Å². The smallest absolute Gasteiger partial charge is 0.272 e. The van der Waals surface area contributed by atoms with Crippen molar-refractivity contribution < 1.29 is 4.68 Å². The van der Waals surface area contributed by atoms with E-state index in [4.69, 9.17) is 11.6 Å². The summed E-state index contributed by atoms with van der Waals surface area (Å²) in [6, 6.07) is 0. The number of nitrogens with one attached hydrogen (secondary N) is 1. The van der Waals surface area contributed by atoms with Gasteiger partial charge in [-0.3, -0.25) is 9.79 Å². The summed E-state index contributed by atoms with van der Waals surface area (Å²) in [4.78, 5) is 15.2. The largest absolute Gasteiger partial charge is 0.359 e. The van der Waals surface area contributed by atoms with E-state index in [0.717, 1.165) is 11.6 Å². The molecule has 0 radical (unpaired) electrons. The van der Waals surface area contributed by atoms with Gasteiger partial charge in [0.2, 0.25) is 0 Å². The van der Waals surface area contributed by atoms with Crippen molar-refractivity contribution in [3.8, 4) is 0 Å². The fourth-order valence-corrected chi connectivity index (χ4v) is 2.26. The normalized spacial score (nSPS) is 20.4. The number of aliphatic imine (C=N–C) groups is 1. The number of aromatic amines is 1. The van der Waals surface area contributed by atoms with Crippen molar-refractivity contribution >= 4 is 28.1 Å². The lowest BCUT2D eigenvalue weighted by atomic mass is 10.1. The maximum atomic E-state index is 11.1. The number of nitrogens with zero attached hydrogens (tertiary/aromatic N) is 2. The number of H-pyrrole nitrogens is 1. The van der Waals surface area contributed by atoms with E-state index >= 15 is 0 Å². The van der Waals surface area contributed by atoms with E-state index in [1.807, 2.05) is 17.7 Å². The molecule has 0 bridgehead atoms. The van der Waals surface area contributed by atoms with Crippen molar-refractivity contribution in [2.45, 2.75) is 13.5 Å². The highest BCUT2D eigenvalue weighted by atomic mass is 35.5. The van der Waals surface area contributed by atoms with Crippen molar-refractivity contribution in [2.75, 3.05) is 6.54 Å². The average Bonchev–Trinajstić information content (AvgIpc) is 2.49. The Kier molecular flexibility index (Phi) is 3.02. The van der Waals surface area contributed by atoms with E-state index in [0.29, 0.717) is 17.6 Å². The van der Waals surface area contributed by atoms with Gasteiger partial charge in [0.05, 0.1) is 12.5 Å². The average molecular weight is 245 g/mol. The molecule has 0 saturated carbocycles. The van der Waals surface area contributed by atoms with Crippen molar-refractivity contribution in [3.05, 3.63) is 26.8 Å². The van der Waals surface area contributed by atoms with Crippen LogP contribution >= 0.6 is 22.9 Å². The lowest BCUT2D eigenvalue weighted by Gasteiger charge is -2.08. The van der Waals surface area contributed by atoms with E-state index in [-0.39, 0.29) is 4.87 Å². The summed E-state index contributed by atoms with van der Waals surface area (Å²) in [6.07, 6.45) is 3.83. The highest BCUT2D eigenvalue weighted by Gasteiger charge is 2.18. The maximum Gasteiger partial charge on any atom is 0.359 e. The zero-order valence-electron chi connectivity index (χ0n) is 8.24. The van der Waals surface area contributed by atoms with Crippen LogP contribution in [0.3, 0.4) is 0 Å². The number of aromatic nitrogens is 2. The number of hydrogen-bond acceptors (Lipinski definition) is 3. The molecule has 15 heavy (non-hydrogen) atoms. The first-order valence-corrected chi connectivity index (χ1v) is 5.82. The topological polar surface area (TPSA) is 49.1 Å². The Morgan fingerprint density at radius 3 is 3.13 bits per heavy atom. The summed E-state index contributed by atoms with van der Waals surface area (Å²) in [5.41, 5.74) is 0. The zero-order chi connectivity index (χ0) is 10.8. The molecule has 0 aromatic carbocycles. The van der Waals surface area contributed by atoms with Crippen LogP contribution < -0.4 is 9.55 Å². The summed E-state index contributed by atoms with van der Waals surface area (Å²) in [7, 11) is 0. The van der Waals surface area contributed by atoms with Crippen LogP contribution in [0.2, 0.25) is 0 Å². The predicted octanol–water partition coefficient (Wildman–Crippen LogP) is 0.856. The summed E-state index contributed by atoms with van der Waals surface area (Å²) in [6.45, 7) is 3.35. The molecule has 1 aromatic rings. The molecule has 0 spiro atoms. The molecule has 1 aromatic heterocycles. The molecule has 1 unspecified atom stereocenters. The minimum absolute atomic E-state index is 0.0196. The van der Waals surface area contributed by atoms with E-state index in [1.54, 1.807) is 6.08 Å². The van der Waals surface area contributed by atoms with Crippen LogP contribution in [0.15, 0.2) is 21.9 Å². The molecule has 2 heterocycles. The molecule has 1 aliphatic heterocycles. The molecule has 0 amide bonds. The molecule has 6 heteroatoms. The lowest BCUT2D eigenvalue weighted by Crippen LogP contribution is -2.43. The van der Waals surface area contributed by atoms with Gasteiger partial charge in [0, 0.05) is 6.92 Å². The Labute approximate surface area is 95.9 Å². The standard InChI is InChI=1S/C9H10ClN3OS/c1-6-13(12-9(14)15-6)5-7-2-3-8(10)11-4-7/h2-3,7H,4-5H2,1H3/p+1. The van der Waals surface area contributed by atoms with Crippen LogP contribution in [0.4, 0.5) is 0 Å². The Balaban J connectivity index is 2.08. The van der Waals surface area contributed by atoms with Gasteiger partial charge in [0.15, 0.2) is 6.54 Å². The molecule has 0 fully saturated rings. The van der Waals surface area contributed by atoms with E-state index in [9.17, 15) is 4.79 Å². The number of hydrogen-bond donors (Lipinski definition) is 1. The number of allylic oxidation sites excluding steroid dienone is 1. The van der Waals surface area contributed by atoms with E-state index in [1.165, 1.54) is 11.3 Å². The van der Waals surface area contributed by atoms with Crippen LogP contribution in [0, 0.1) is 12.8 Å². The van der Waals surface area contributed by atoms with Gasteiger partial charge in [-0.05, 0) is 17.4 Å². The predicted molar refractivity (Wildman–Crippen MR) is 60.7 cm³/mol. The molecular weight excluding hydrogens is 234 g/mol. The third-order valence-corrected chi connectivity index (χ3v) is 3.28. The van der Waals surface area contributed by atoms with Crippen LogP contribution in [0.25, 0.3) is 0 Å². The third-order valence-electron chi connectivity index (χ3n) is 2.25. The van der Waals surface area contributed by atoms with Gasteiger partial charge in [-0.1, -0.05) is 17.7 Å². The second-order valence-electron chi connectivity index (χ2n) is 3.41. The number of rotatable bonds is 2. The molecule has 1 atom stereocenters. The minimum atomic E-state index is -0.0196. The molecule has 2 rings (SSSR count). The van der Waals surface area contributed by atoms with Crippen molar-refractivity contribution in [1.82, 2.24) is 5.10 Å². The van der Waals surface area contributed by atoms with E-state index in [2.05, 4.69) is 10.1 Å². The highest BCUT2D eigenvalue weighted by molar-refractivity contribution is 7.08. The van der Waals surface area contributed by atoms with Gasteiger partial charge >= 0.3 is 4.87 Å². The van der Waals surface area contributed by atoms with Crippen LogP contribution in [0.5, 0.6) is 0 Å². The molecular formula is C9H11ClN3OS+. The minimum Gasteiger partial charge on any atom is -0.272 e. The first kappa shape index (κ1) is 10.6. The van der Waals surface area contributed by atoms with Gasteiger partial charge in [-0.25, -0.2) is 0 Å². The maximum absolute atomic E-state index is 11.1. The number of aryl methyl sites for hydroxylation is 1. The van der Waals surface area contributed by atoms with Crippen molar-refractivity contribution in [3.63, 3.8) is 0 Å². The summed E-state index contributed by atoms with van der Waals surface area (Å²) in [5, 5.41) is 4.30. The second-order valence-corrected chi connectivity index (χ2v) is 4.97. The van der Waals surface area contributed by atoms with Crippen LogP contribution in [0.1, 0.15) is 5.01 Å². The Morgan fingerprint density at radius 1 is 1.80 bits per heavy atom. The molecule has 0 saturated heterocycles. The number of halogens is 1. The summed E-state index contributed by atoms with van der Waals surface area (Å²) < 4.78 is 1.86. The zero-order valence-corrected chi connectivity index (χ0v) is 9.81. The van der Waals surface area contributed by atoms with Crippen LogP contribution in [-0.4, -0.2) is 16.8 Å². The van der Waals surface area contributed by atoms with Gasteiger partial charge < -0.3 is 0 Å². The van der Waals surface area contributed by atoms with Gasteiger partial charge in [0.1, 0.15) is 5.17 Å². The molecule has 1 N–H and O–H groups in total. The monoisotopic (exact) mass is 244 g/mol. The first-order chi connectivity index (χ1) is 7.15. The lowest BCUT2D eigenvalue weighted by molar-refractivity contribution is -0.758. The van der Waals surface area contributed by atoms with Crippen molar-refractivity contribution in [1.29, 1.82) is 0 Å². The quantitative estimate of drug-likeness (QED) is 0.771. The van der Waals surface area contributed by atoms with Crippen LogP contribution in [-0.2, 0) is 6.54 Å². The highest BCUT2D eigenvalue weighted by Crippen LogP contribution is 2.08. The second kappa shape index (κ2) is 4.28. The first-order valence-electron chi connectivity index (χ1n) is 4.63.